The first kappa shape index (κ1) is 6.96. The van der Waals surface area contributed by atoms with Crippen LogP contribution in [-0.2, 0) is 0 Å². The first-order valence-corrected chi connectivity index (χ1v) is 3.15. The summed E-state index contributed by atoms with van der Waals surface area (Å²) in [5.41, 5.74) is 0. The molecule has 2 nitrogen and oxygen atoms in total. The predicted molar refractivity (Wildman–Crippen MR) is 33.0 cm³/mol. The zero-order valence-electron chi connectivity index (χ0n) is 5.71. The molecule has 0 saturated carbocycles. The molecule has 0 unspecified atom stereocenters. The lowest BCUT2D eigenvalue weighted by atomic mass is 10.2. The van der Waals surface area contributed by atoms with Crippen molar-refractivity contribution in [3.05, 3.63) is 0 Å². The molecule has 1 aliphatic rings. The van der Waals surface area contributed by atoms with Crippen molar-refractivity contribution in [2.75, 3.05) is 13.6 Å². The highest BCUT2D eigenvalue weighted by atomic mass is 19.1. The second-order valence-corrected chi connectivity index (χ2v) is 2.69. The van der Waals surface area contributed by atoms with Gasteiger partial charge in [-0.15, -0.1) is 0 Å². The third-order valence-electron chi connectivity index (χ3n) is 2.00. The molecule has 1 N–H and O–H groups in total. The van der Waals surface area contributed by atoms with Crippen molar-refractivity contribution in [2.24, 2.45) is 0 Å². The third kappa shape index (κ3) is 1.07. The van der Waals surface area contributed by atoms with Gasteiger partial charge in [0.15, 0.2) is 0 Å². The quantitative estimate of drug-likeness (QED) is 0.503. The van der Waals surface area contributed by atoms with Gasteiger partial charge >= 0.3 is 0 Å². The molecule has 1 rings (SSSR count). The van der Waals surface area contributed by atoms with Crippen molar-refractivity contribution in [2.45, 2.75) is 25.2 Å². The van der Waals surface area contributed by atoms with Crippen LogP contribution in [0.4, 0.5) is 4.39 Å². The SMILES string of the molecule is C[C@@H]1[C@@H](F)[C@H](O)CN1C. The Labute approximate surface area is 54.3 Å². The normalized spacial score (nSPS) is 46.0. The maximum Gasteiger partial charge on any atom is 0.142 e. The second-order valence-electron chi connectivity index (χ2n) is 2.69. The monoisotopic (exact) mass is 133 g/mol. The molecule has 1 fully saturated rings. The average Bonchev–Trinajstić information content (AvgIpc) is 1.98. The molecule has 0 aliphatic carbocycles. The number of aliphatic hydroxyl groups is 1. The van der Waals surface area contributed by atoms with Crippen molar-refractivity contribution in [1.29, 1.82) is 0 Å². The minimum atomic E-state index is -1.06. The first-order chi connectivity index (χ1) is 4.13. The highest BCUT2D eigenvalue weighted by molar-refractivity contribution is 4.88. The van der Waals surface area contributed by atoms with E-state index in [4.69, 9.17) is 5.11 Å². The van der Waals surface area contributed by atoms with Crippen molar-refractivity contribution < 1.29 is 9.50 Å². The van der Waals surface area contributed by atoms with E-state index in [1.54, 1.807) is 6.92 Å². The maximum absolute atomic E-state index is 12.7. The number of β-amino-alcohol motifs (C(OH)–C–C–N with tert-alkyl or cyclic N) is 1. The summed E-state index contributed by atoms with van der Waals surface area (Å²) in [4.78, 5) is 1.81. The summed E-state index contributed by atoms with van der Waals surface area (Å²) in [5, 5.41) is 8.92. The number of likely N-dealkylation sites (N-methyl/N-ethyl adjacent to an activating group) is 1. The largest absolute Gasteiger partial charge is 0.389 e. The second kappa shape index (κ2) is 2.23. The van der Waals surface area contributed by atoms with Gasteiger partial charge in [-0.2, -0.15) is 0 Å². The number of alkyl halides is 1. The van der Waals surface area contributed by atoms with E-state index in [0.717, 1.165) is 0 Å². The molecule has 54 valence electrons. The van der Waals surface area contributed by atoms with Gasteiger partial charge in [0.05, 0.1) is 6.10 Å². The van der Waals surface area contributed by atoms with Gasteiger partial charge in [-0.05, 0) is 14.0 Å². The van der Waals surface area contributed by atoms with Crippen molar-refractivity contribution in [3.8, 4) is 0 Å². The Kier molecular flexibility index (Phi) is 1.73. The molecular formula is C6H12FNO. The van der Waals surface area contributed by atoms with Crippen LogP contribution in [0.25, 0.3) is 0 Å². The molecular weight excluding hydrogens is 121 g/mol. The molecule has 0 aromatic heterocycles. The van der Waals surface area contributed by atoms with Gasteiger partial charge in [0.2, 0.25) is 0 Å². The summed E-state index contributed by atoms with van der Waals surface area (Å²) in [6.07, 6.45) is -1.83. The van der Waals surface area contributed by atoms with E-state index < -0.39 is 12.3 Å². The predicted octanol–water partition coefficient (Wildman–Crippen LogP) is 0.0193. The van der Waals surface area contributed by atoms with Crippen LogP contribution in [0.3, 0.4) is 0 Å². The molecule has 0 radical (unpaired) electrons. The molecule has 3 heteroatoms. The van der Waals surface area contributed by atoms with Gasteiger partial charge in [-0.1, -0.05) is 0 Å². The number of rotatable bonds is 0. The van der Waals surface area contributed by atoms with Gasteiger partial charge in [-0.25, -0.2) is 4.39 Å². The summed E-state index contributed by atoms with van der Waals surface area (Å²) in [6.45, 7) is 2.24. The number of aliphatic hydroxyl groups excluding tert-OH is 1. The summed E-state index contributed by atoms with van der Waals surface area (Å²) in [5.74, 6) is 0. The molecule has 0 aromatic carbocycles. The molecule has 9 heavy (non-hydrogen) atoms. The fourth-order valence-electron chi connectivity index (χ4n) is 1.13. The van der Waals surface area contributed by atoms with E-state index in [1.807, 2.05) is 11.9 Å². The molecule has 0 bridgehead atoms. The Morgan fingerprint density at radius 3 is 2.33 bits per heavy atom. The van der Waals surface area contributed by atoms with Crippen molar-refractivity contribution in [3.63, 3.8) is 0 Å². The Balaban J connectivity index is 2.54. The third-order valence-corrected chi connectivity index (χ3v) is 2.00. The van der Waals surface area contributed by atoms with Gasteiger partial charge in [0.1, 0.15) is 6.17 Å². The zero-order valence-corrected chi connectivity index (χ0v) is 5.71. The van der Waals surface area contributed by atoms with Crippen LogP contribution < -0.4 is 0 Å². The van der Waals surface area contributed by atoms with Gasteiger partial charge in [0, 0.05) is 12.6 Å². The smallest absolute Gasteiger partial charge is 0.142 e. The minimum Gasteiger partial charge on any atom is -0.389 e. The molecule has 3 atom stereocenters. The Bertz CT molecular complexity index is 97.2. The number of halogens is 1. The number of likely N-dealkylation sites (tertiary alicyclic amines) is 1. The molecule has 1 heterocycles. The van der Waals surface area contributed by atoms with Crippen molar-refractivity contribution in [1.82, 2.24) is 4.90 Å². The van der Waals surface area contributed by atoms with Gasteiger partial charge in [-0.3, -0.25) is 4.90 Å². The minimum absolute atomic E-state index is 0.125. The van der Waals surface area contributed by atoms with E-state index in [1.165, 1.54) is 0 Å². The lowest BCUT2D eigenvalue weighted by molar-refractivity contribution is 0.107. The first-order valence-electron chi connectivity index (χ1n) is 3.15. The van der Waals surface area contributed by atoms with Gasteiger partial charge in [0.25, 0.3) is 0 Å². The van der Waals surface area contributed by atoms with Crippen LogP contribution in [0.15, 0.2) is 0 Å². The Hall–Kier alpha value is -0.150. The maximum atomic E-state index is 12.7. The number of hydrogen-bond acceptors (Lipinski definition) is 2. The van der Waals surface area contributed by atoms with E-state index in [0.29, 0.717) is 6.54 Å². The van der Waals surface area contributed by atoms with Crippen LogP contribution in [-0.4, -0.2) is 41.9 Å². The highest BCUT2D eigenvalue weighted by Gasteiger charge is 2.35. The molecule has 0 aromatic rings. The topological polar surface area (TPSA) is 23.5 Å². The van der Waals surface area contributed by atoms with Crippen molar-refractivity contribution >= 4 is 0 Å². The van der Waals surface area contributed by atoms with E-state index in [-0.39, 0.29) is 6.04 Å². The van der Waals surface area contributed by atoms with E-state index >= 15 is 0 Å². The molecule has 1 aliphatic heterocycles. The Morgan fingerprint density at radius 1 is 1.67 bits per heavy atom. The van der Waals surface area contributed by atoms with Crippen LogP contribution in [0, 0.1) is 0 Å². The van der Waals surface area contributed by atoms with Crippen LogP contribution in [0.2, 0.25) is 0 Å². The Morgan fingerprint density at radius 2 is 2.22 bits per heavy atom. The fourth-order valence-corrected chi connectivity index (χ4v) is 1.13. The molecule has 1 saturated heterocycles. The lowest BCUT2D eigenvalue weighted by Gasteiger charge is -2.13. The van der Waals surface area contributed by atoms with Crippen LogP contribution in [0.1, 0.15) is 6.92 Å². The van der Waals surface area contributed by atoms with Crippen LogP contribution in [0.5, 0.6) is 0 Å². The zero-order chi connectivity index (χ0) is 7.02. The van der Waals surface area contributed by atoms with E-state index in [9.17, 15) is 4.39 Å². The standard InChI is InChI=1S/C6H12FNO/c1-4-6(7)5(9)3-8(4)2/h4-6,9H,3H2,1-2H3/t4-,5-,6-/m1/s1. The summed E-state index contributed by atoms with van der Waals surface area (Å²) in [6, 6.07) is -0.125. The summed E-state index contributed by atoms with van der Waals surface area (Å²) in [7, 11) is 1.81. The number of nitrogens with zero attached hydrogens (tertiary/aromatic N) is 1. The van der Waals surface area contributed by atoms with E-state index in [2.05, 4.69) is 0 Å². The molecule has 0 amide bonds. The highest BCUT2D eigenvalue weighted by Crippen LogP contribution is 2.18. The van der Waals surface area contributed by atoms with Crippen LogP contribution >= 0.6 is 0 Å². The number of hydrogen-bond donors (Lipinski definition) is 1. The van der Waals surface area contributed by atoms with Gasteiger partial charge < -0.3 is 5.11 Å². The lowest BCUT2D eigenvalue weighted by Crippen LogP contribution is -2.27. The molecule has 0 spiro atoms. The fraction of sp³-hybridized carbons (Fsp3) is 1.00. The summed E-state index contributed by atoms with van der Waals surface area (Å²) < 4.78 is 12.7. The summed E-state index contributed by atoms with van der Waals surface area (Å²) >= 11 is 0. The average molecular weight is 133 g/mol.